The van der Waals surface area contributed by atoms with Crippen molar-refractivity contribution < 1.29 is 4.79 Å². The van der Waals surface area contributed by atoms with Crippen LogP contribution in [0, 0.1) is 11.8 Å². The van der Waals surface area contributed by atoms with Gasteiger partial charge in [-0.2, -0.15) is 0 Å². The Morgan fingerprint density at radius 3 is 2.67 bits per heavy atom. The van der Waals surface area contributed by atoms with Crippen LogP contribution in [0.15, 0.2) is 23.3 Å². The largest absolute Gasteiger partial charge is 0.300 e. The van der Waals surface area contributed by atoms with Gasteiger partial charge in [-0.05, 0) is 52.9 Å². The van der Waals surface area contributed by atoms with Crippen molar-refractivity contribution in [3.8, 4) is 0 Å². The molecule has 0 bridgehead atoms. The summed E-state index contributed by atoms with van der Waals surface area (Å²) < 4.78 is 0. The van der Waals surface area contributed by atoms with E-state index in [9.17, 15) is 4.79 Å². The van der Waals surface area contributed by atoms with E-state index in [0.717, 1.165) is 19.3 Å². The Kier molecular flexibility index (Phi) is 4.31. The molecule has 1 aliphatic carbocycles. The van der Waals surface area contributed by atoms with E-state index < -0.39 is 0 Å². The molecule has 0 N–H and O–H groups in total. The smallest absolute Gasteiger partial charge is 0.133 e. The fourth-order valence-electron chi connectivity index (χ4n) is 2.36. The van der Waals surface area contributed by atoms with E-state index in [1.54, 1.807) is 6.92 Å². The maximum absolute atomic E-state index is 11.6. The fourth-order valence-corrected chi connectivity index (χ4v) is 2.36. The number of hydrogen-bond donors (Lipinski definition) is 0. The average molecular weight is 206 g/mol. The molecule has 0 aromatic heterocycles. The third-order valence-electron chi connectivity index (χ3n) is 3.32. The Bertz CT molecular complexity index is 292. The van der Waals surface area contributed by atoms with Crippen LogP contribution in [-0.2, 0) is 4.79 Å². The lowest BCUT2D eigenvalue weighted by Crippen LogP contribution is -2.25. The van der Waals surface area contributed by atoms with Crippen molar-refractivity contribution in [2.45, 2.75) is 47.0 Å². The zero-order chi connectivity index (χ0) is 11.4. The van der Waals surface area contributed by atoms with Gasteiger partial charge in [0.1, 0.15) is 5.78 Å². The Balaban J connectivity index is 2.78. The molecule has 15 heavy (non-hydrogen) atoms. The summed E-state index contributed by atoms with van der Waals surface area (Å²) in [7, 11) is 0. The summed E-state index contributed by atoms with van der Waals surface area (Å²) in [6.45, 7) is 8.13. The standard InChI is InChI=1S/C14H22O/c1-10(2)8-9-13-11(3)6-5-7-14(13)12(4)15/h6,8,13-14H,5,7,9H2,1-4H3/t13-,14+/m1/s1. The maximum atomic E-state index is 11.6. The van der Waals surface area contributed by atoms with Gasteiger partial charge < -0.3 is 0 Å². The van der Waals surface area contributed by atoms with Crippen molar-refractivity contribution >= 4 is 5.78 Å². The van der Waals surface area contributed by atoms with Crippen molar-refractivity contribution in [2.75, 3.05) is 0 Å². The van der Waals surface area contributed by atoms with E-state index in [0.29, 0.717) is 11.7 Å². The molecule has 0 aromatic carbocycles. The molecule has 0 saturated carbocycles. The summed E-state index contributed by atoms with van der Waals surface area (Å²) in [6, 6.07) is 0. The quantitative estimate of drug-likeness (QED) is 0.640. The van der Waals surface area contributed by atoms with Crippen LogP contribution in [0.2, 0.25) is 0 Å². The molecular weight excluding hydrogens is 184 g/mol. The van der Waals surface area contributed by atoms with E-state index in [1.807, 2.05) is 0 Å². The topological polar surface area (TPSA) is 17.1 Å². The lowest BCUT2D eigenvalue weighted by molar-refractivity contribution is -0.122. The van der Waals surface area contributed by atoms with Gasteiger partial charge >= 0.3 is 0 Å². The third-order valence-corrected chi connectivity index (χ3v) is 3.32. The molecule has 1 aliphatic rings. The molecule has 0 radical (unpaired) electrons. The van der Waals surface area contributed by atoms with Gasteiger partial charge in [-0.3, -0.25) is 4.79 Å². The van der Waals surface area contributed by atoms with Crippen molar-refractivity contribution in [1.29, 1.82) is 0 Å². The van der Waals surface area contributed by atoms with E-state index in [2.05, 4.69) is 32.9 Å². The number of carbonyl (C=O) groups excluding carboxylic acids is 1. The minimum Gasteiger partial charge on any atom is -0.300 e. The van der Waals surface area contributed by atoms with Crippen LogP contribution >= 0.6 is 0 Å². The van der Waals surface area contributed by atoms with Crippen LogP contribution in [0.1, 0.15) is 47.0 Å². The summed E-state index contributed by atoms with van der Waals surface area (Å²) in [5.74, 6) is 1.06. The van der Waals surface area contributed by atoms with Crippen molar-refractivity contribution in [3.05, 3.63) is 23.3 Å². The molecule has 0 saturated heterocycles. The van der Waals surface area contributed by atoms with Crippen LogP contribution in [0.25, 0.3) is 0 Å². The van der Waals surface area contributed by atoms with E-state index in [1.165, 1.54) is 11.1 Å². The second kappa shape index (κ2) is 5.29. The molecule has 2 atom stereocenters. The minimum absolute atomic E-state index is 0.255. The first-order valence-electron chi connectivity index (χ1n) is 5.83. The normalized spacial score (nSPS) is 25.7. The predicted molar refractivity (Wildman–Crippen MR) is 64.7 cm³/mol. The maximum Gasteiger partial charge on any atom is 0.133 e. The van der Waals surface area contributed by atoms with Gasteiger partial charge in [0.05, 0.1) is 0 Å². The Labute approximate surface area is 93.3 Å². The SMILES string of the molecule is CC(=O)[C@@H]1CCC=C(C)[C@H]1CC=C(C)C. The summed E-state index contributed by atoms with van der Waals surface area (Å²) >= 11 is 0. The second-order valence-electron chi connectivity index (χ2n) is 4.87. The molecule has 0 heterocycles. The number of allylic oxidation sites excluding steroid dienone is 4. The zero-order valence-electron chi connectivity index (χ0n) is 10.3. The monoisotopic (exact) mass is 206 g/mol. The number of Topliss-reactive ketones (excluding diaryl/α,β-unsaturated/α-hetero) is 1. The zero-order valence-corrected chi connectivity index (χ0v) is 10.3. The summed E-state index contributed by atoms with van der Waals surface area (Å²) in [6.07, 6.45) is 7.68. The lowest BCUT2D eigenvalue weighted by Gasteiger charge is -2.29. The molecule has 0 unspecified atom stereocenters. The summed E-state index contributed by atoms with van der Waals surface area (Å²) in [4.78, 5) is 11.6. The number of hydrogen-bond acceptors (Lipinski definition) is 1. The molecular formula is C14H22O. The van der Waals surface area contributed by atoms with Crippen molar-refractivity contribution in [1.82, 2.24) is 0 Å². The summed E-state index contributed by atoms with van der Waals surface area (Å²) in [5.41, 5.74) is 2.75. The molecule has 0 spiro atoms. The Morgan fingerprint density at radius 2 is 2.13 bits per heavy atom. The van der Waals surface area contributed by atoms with Crippen LogP contribution in [0.5, 0.6) is 0 Å². The van der Waals surface area contributed by atoms with Gasteiger partial charge in [0, 0.05) is 5.92 Å². The number of rotatable bonds is 3. The Morgan fingerprint density at radius 1 is 1.47 bits per heavy atom. The molecule has 84 valence electrons. The van der Waals surface area contributed by atoms with E-state index >= 15 is 0 Å². The van der Waals surface area contributed by atoms with E-state index in [-0.39, 0.29) is 5.92 Å². The molecule has 1 nitrogen and oxygen atoms in total. The predicted octanol–water partition coefficient (Wildman–Crippen LogP) is 3.90. The van der Waals surface area contributed by atoms with E-state index in [4.69, 9.17) is 0 Å². The van der Waals surface area contributed by atoms with Gasteiger partial charge in [0.2, 0.25) is 0 Å². The first-order valence-corrected chi connectivity index (χ1v) is 5.83. The highest BCUT2D eigenvalue weighted by atomic mass is 16.1. The minimum atomic E-state index is 0.255. The number of ketones is 1. The highest BCUT2D eigenvalue weighted by Crippen LogP contribution is 2.34. The highest BCUT2D eigenvalue weighted by Gasteiger charge is 2.27. The van der Waals surface area contributed by atoms with Gasteiger partial charge in [-0.25, -0.2) is 0 Å². The van der Waals surface area contributed by atoms with Crippen LogP contribution in [-0.4, -0.2) is 5.78 Å². The van der Waals surface area contributed by atoms with Gasteiger partial charge in [-0.15, -0.1) is 0 Å². The molecule has 0 fully saturated rings. The highest BCUT2D eigenvalue weighted by molar-refractivity contribution is 5.79. The molecule has 0 aliphatic heterocycles. The van der Waals surface area contributed by atoms with Gasteiger partial charge in [0.15, 0.2) is 0 Å². The van der Waals surface area contributed by atoms with Crippen LogP contribution in [0.3, 0.4) is 0 Å². The first-order chi connectivity index (χ1) is 7.02. The third kappa shape index (κ3) is 3.33. The van der Waals surface area contributed by atoms with Crippen molar-refractivity contribution in [2.24, 2.45) is 11.8 Å². The number of carbonyl (C=O) groups is 1. The van der Waals surface area contributed by atoms with Crippen LogP contribution in [0.4, 0.5) is 0 Å². The molecule has 1 heteroatoms. The lowest BCUT2D eigenvalue weighted by atomic mass is 9.75. The summed E-state index contributed by atoms with van der Waals surface area (Å²) in [5, 5.41) is 0. The first kappa shape index (κ1) is 12.2. The van der Waals surface area contributed by atoms with Crippen LogP contribution < -0.4 is 0 Å². The second-order valence-corrected chi connectivity index (χ2v) is 4.87. The van der Waals surface area contributed by atoms with Gasteiger partial charge in [-0.1, -0.05) is 23.3 Å². The van der Waals surface area contributed by atoms with Crippen molar-refractivity contribution in [3.63, 3.8) is 0 Å². The molecule has 0 aromatic rings. The average Bonchev–Trinajstić information content (AvgIpc) is 2.15. The Hall–Kier alpha value is -0.850. The van der Waals surface area contributed by atoms with Gasteiger partial charge in [0.25, 0.3) is 0 Å². The molecule has 1 rings (SSSR count). The fraction of sp³-hybridized carbons (Fsp3) is 0.643. The molecule has 0 amide bonds.